The maximum Gasteiger partial charge on any atom is 0.305 e. The van der Waals surface area contributed by atoms with Crippen LogP contribution < -0.4 is 5.73 Å². The number of hydrogen-bond donors (Lipinski definition) is 2. The summed E-state index contributed by atoms with van der Waals surface area (Å²) in [7, 11) is 0. The molecule has 104 valence electrons. The van der Waals surface area contributed by atoms with Crippen molar-refractivity contribution in [3.05, 3.63) is 11.1 Å². The van der Waals surface area contributed by atoms with Gasteiger partial charge in [0.1, 0.15) is 0 Å². The summed E-state index contributed by atoms with van der Waals surface area (Å²) < 4.78 is 5.23. The Morgan fingerprint density at radius 3 is 3.05 bits per heavy atom. The monoisotopic (exact) mass is 285 g/mol. The Hall–Kier alpha value is -1.67. The molecule has 1 aliphatic rings. The van der Waals surface area contributed by atoms with Crippen LogP contribution in [-0.4, -0.2) is 52.7 Å². The van der Waals surface area contributed by atoms with E-state index >= 15 is 0 Å². The quantitative estimate of drug-likeness (QED) is 0.804. The topological polar surface area (TPSA) is 106 Å². The van der Waals surface area contributed by atoms with Crippen LogP contribution in [0.1, 0.15) is 12.1 Å². The molecule has 0 spiro atoms. The van der Waals surface area contributed by atoms with E-state index in [2.05, 4.69) is 4.98 Å². The summed E-state index contributed by atoms with van der Waals surface area (Å²) in [6.07, 6.45) is 0.0365. The van der Waals surface area contributed by atoms with E-state index in [9.17, 15) is 9.59 Å². The molecule has 0 radical (unpaired) electrons. The molecule has 1 fully saturated rings. The van der Waals surface area contributed by atoms with Crippen LogP contribution in [0.25, 0.3) is 0 Å². The largest absolute Gasteiger partial charge is 0.481 e. The number of nitrogen functional groups attached to an aromatic ring is 1. The molecule has 1 aromatic heterocycles. The first-order valence-electron chi connectivity index (χ1n) is 5.85. The molecular weight excluding hydrogens is 270 g/mol. The molecule has 2 heterocycles. The lowest BCUT2D eigenvalue weighted by Crippen LogP contribution is -2.50. The number of carbonyl (C=O) groups is 2. The standard InChI is InChI=1S/C11H15N3O4S/c12-11-13-7(6-19-11)3-9(15)14-1-2-18-5-8(14)4-10(16)17/h6,8H,1-5H2,(H2,12,13)(H,16,17). The van der Waals surface area contributed by atoms with Gasteiger partial charge in [-0.3, -0.25) is 9.59 Å². The number of aliphatic carboxylic acids is 1. The van der Waals surface area contributed by atoms with Crippen LogP contribution >= 0.6 is 11.3 Å². The van der Waals surface area contributed by atoms with E-state index in [1.807, 2.05) is 0 Å². The third kappa shape index (κ3) is 3.65. The van der Waals surface area contributed by atoms with Crippen LogP contribution in [0.2, 0.25) is 0 Å². The molecule has 0 aliphatic carbocycles. The Balaban J connectivity index is 2.00. The number of morpholine rings is 1. The second kappa shape index (κ2) is 5.98. The zero-order chi connectivity index (χ0) is 13.8. The van der Waals surface area contributed by atoms with Gasteiger partial charge in [-0.15, -0.1) is 11.3 Å². The normalized spacial score (nSPS) is 19.4. The summed E-state index contributed by atoms with van der Waals surface area (Å²) in [5.41, 5.74) is 6.13. The molecule has 1 aromatic rings. The number of anilines is 1. The molecule has 0 bridgehead atoms. The zero-order valence-electron chi connectivity index (χ0n) is 10.2. The molecular formula is C11H15N3O4S. The van der Waals surface area contributed by atoms with Crippen molar-refractivity contribution < 1.29 is 19.4 Å². The first-order valence-corrected chi connectivity index (χ1v) is 6.73. The summed E-state index contributed by atoms with van der Waals surface area (Å²) in [5.74, 6) is -1.08. The first kappa shape index (κ1) is 13.8. The Morgan fingerprint density at radius 1 is 1.63 bits per heavy atom. The molecule has 19 heavy (non-hydrogen) atoms. The molecule has 0 aromatic carbocycles. The van der Waals surface area contributed by atoms with Crippen molar-refractivity contribution in [2.24, 2.45) is 0 Å². The molecule has 1 aliphatic heterocycles. The molecule has 1 amide bonds. The van der Waals surface area contributed by atoms with Gasteiger partial charge in [-0.05, 0) is 0 Å². The van der Waals surface area contributed by atoms with E-state index in [0.717, 1.165) is 0 Å². The number of carboxylic acid groups (broad SMARTS) is 1. The second-order valence-electron chi connectivity index (χ2n) is 4.27. The molecule has 2 rings (SSSR count). The molecule has 7 nitrogen and oxygen atoms in total. The van der Waals surface area contributed by atoms with Crippen LogP contribution in [0.4, 0.5) is 5.13 Å². The fraction of sp³-hybridized carbons (Fsp3) is 0.545. The van der Waals surface area contributed by atoms with Crippen LogP contribution in [0.15, 0.2) is 5.38 Å². The number of rotatable bonds is 4. The van der Waals surface area contributed by atoms with Gasteiger partial charge in [-0.25, -0.2) is 4.98 Å². The Bertz CT molecular complexity index is 476. The molecule has 8 heteroatoms. The smallest absolute Gasteiger partial charge is 0.305 e. The van der Waals surface area contributed by atoms with Crippen molar-refractivity contribution in [1.82, 2.24) is 9.88 Å². The number of hydrogen-bond acceptors (Lipinski definition) is 6. The fourth-order valence-electron chi connectivity index (χ4n) is 2.01. The van der Waals surface area contributed by atoms with Gasteiger partial charge in [0.2, 0.25) is 5.91 Å². The number of aromatic nitrogens is 1. The molecule has 3 N–H and O–H groups in total. The lowest BCUT2D eigenvalue weighted by molar-refractivity contribution is -0.145. The van der Waals surface area contributed by atoms with E-state index < -0.39 is 12.0 Å². The van der Waals surface area contributed by atoms with Crippen molar-refractivity contribution in [1.29, 1.82) is 0 Å². The van der Waals surface area contributed by atoms with Gasteiger partial charge in [0.25, 0.3) is 0 Å². The minimum atomic E-state index is -0.939. The van der Waals surface area contributed by atoms with Gasteiger partial charge in [0.05, 0.1) is 37.8 Å². The highest BCUT2D eigenvalue weighted by Crippen LogP contribution is 2.16. The van der Waals surface area contributed by atoms with Crippen LogP contribution in [0.3, 0.4) is 0 Å². The van der Waals surface area contributed by atoms with Crippen molar-refractivity contribution in [2.45, 2.75) is 18.9 Å². The molecule has 1 atom stereocenters. The number of carboxylic acids is 1. The number of nitrogens with zero attached hydrogens (tertiary/aromatic N) is 2. The summed E-state index contributed by atoms with van der Waals surface area (Å²) in [5, 5.41) is 11.0. The van der Waals surface area contributed by atoms with Gasteiger partial charge in [-0.2, -0.15) is 0 Å². The molecule has 1 unspecified atom stereocenters. The second-order valence-corrected chi connectivity index (χ2v) is 5.16. The number of nitrogens with two attached hydrogens (primary N) is 1. The van der Waals surface area contributed by atoms with Gasteiger partial charge in [0.15, 0.2) is 5.13 Å². The average molecular weight is 285 g/mol. The minimum absolute atomic E-state index is 0.106. The summed E-state index contributed by atoms with van der Waals surface area (Å²) in [6.45, 7) is 1.11. The van der Waals surface area contributed by atoms with E-state index in [1.54, 1.807) is 10.3 Å². The zero-order valence-corrected chi connectivity index (χ0v) is 11.1. The van der Waals surface area contributed by atoms with E-state index in [0.29, 0.717) is 24.0 Å². The molecule has 1 saturated heterocycles. The van der Waals surface area contributed by atoms with Crippen molar-refractivity contribution in [2.75, 3.05) is 25.5 Å². The Morgan fingerprint density at radius 2 is 2.42 bits per heavy atom. The Kier molecular flexibility index (Phi) is 4.33. The van der Waals surface area contributed by atoms with Crippen molar-refractivity contribution >= 4 is 28.3 Å². The minimum Gasteiger partial charge on any atom is -0.481 e. The lowest BCUT2D eigenvalue weighted by atomic mass is 10.1. The Labute approximate surface area is 114 Å². The van der Waals surface area contributed by atoms with E-state index in [1.165, 1.54) is 11.3 Å². The lowest BCUT2D eigenvalue weighted by Gasteiger charge is -2.34. The third-order valence-electron chi connectivity index (χ3n) is 2.86. The highest BCUT2D eigenvalue weighted by atomic mass is 32.1. The summed E-state index contributed by atoms with van der Waals surface area (Å²) in [6, 6.07) is -0.408. The van der Waals surface area contributed by atoms with Crippen molar-refractivity contribution in [3.8, 4) is 0 Å². The maximum atomic E-state index is 12.2. The SMILES string of the molecule is Nc1nc(CC(=O)N2CCOCC2CC(=O)O)cs1. The first-order chi connectivity index (χ1) is 9.06. The maximum absolute atomic E-state index is 12.2. The van der Waals surface area contributed by atoms with Gasteiger partial charge >= 0.3 is 5.97 Å². The van der Waals surface area contributed by atoms with Gasteiger partial charge < -0.3 is 20.5 Å². The number of thiazole rings is 1. The number of amides is 1. The van der Waals surface area contributed by atoms with Crippen LogP contribution in [0.5, 0.6) is 0 Å². The molecule has 0 saturated carbocycles. The highest BCUT2D eigenvalue weighted by Gasteiger charge is 2.29. The predicted molar refractivity (Wildman–Crippen MR) is 68.8 cm³/mol. The van der Waals surface area contributed by atoms with Gasteiger partial charge in [0, 0.05) is 11.9 Å². The summed E-state index contributed by atoms with van der Waals surface area (Å²) in [4.78, 5) is 28.5. The fourth-order valence-corrected chi connectivity index (χ4v) is 2.58. The van der Waals surface area contributed by atoms with Crippen molar-refractivity contribution in [3.63, 3.8) is 0 Å². The predicted octanol–water partition coefficient (Wildman–Crippen LogP) is -0.0301. The summed E-state index contributed by atoms with van der Waals surface area (Å²) >= 11 is 1.28. The van der Waals surface area contributed by atoms with Crippen LogP contribution in [-0.2, 0) is 20.7 Å². The number of carbonyl (C=O) groups excluding carboxylic acids is 1. The third-order valence-corrected chi connectivity index (χ3v) is 3.58. The average Bonchev–Trinajstić information content (AvgIpc) is 2.74. The highest BCUT2D eigenvalue weighted by molar-refractivity contribution is 7.13. The van der Waals surface area contributed by atoms with E-state index in [-0.39, 0.29) is 25.4 Å². The van der Waals surface area contributed by atoms with Gasteiger partial charge in [-0.1, -0.05) is 0 Å². The number of ether oxygens (including phenoxy) is 1. The van der Waals surface area contributed by atoms with Crippen LogP contribution in [0, 0.1) is 0 Å². The van der Waals surface area contributed by atoms with E-state index in [4.69, 9.17) is 15.6 Å².